The van der Waals surface area contributed by atoms with Gasteiger partial charge in [-0.15, -0.1) is 0 Å². The molecule has 0 saturated heterocycles. The first-order chi connectivity index (χ1) is 13.9. The molecule has 146 valence electrons. The van der Waals surface area contributed by atoms with E-state index in [2.05, 4.69) is 5.32 Å². The molecule has 0 radical (unpaired) electrons. The van der Waals surface area contributed by atoms with Crippen molar-refractivity contribution in [1.82, 2.24) is 0 Å². The Hall–Kier alpha value is -4.07. The predicted molar refractivity (Wildman–Crippen MR) is 104 cm³/mol. The molecule has 1 N–H and O–H groups in total. The van der Waals surface area contributed by atoms with Gasteiger partial charge in [-0.2, -0.15) is 0 Å². The van der Waals surface area contributed by atoms with Crippen LogP contribution in [-0.4, -0.2) is 23.2 Å². The van der Waals surface area contributed by atoms with E-state index in [1.54, 1.807) is 24.3 Å². The van der Waals surface area contributed by atoms with E-state index >= 15 is 0 Å². The first kappa shape index (κ1) is 19.7. The number of carbonyl (C=O) groups is 2. The second-order valence-electron chi connectivity index (χ2n) is 6.00. The number of Topliss-reactive ketones (excluding diaryl/α,β-unsaturated/α-hetero) is 1. The summed E-state index contributed by atoms with van der Waals surface area (Å²) >= 11 is 0. The van der Waals surface area contributed by atoms with E-state index in [0.717, 1.165) is 0 Å². The number of carbonyl (C=O) groups excluding carboxylic acids is 2. The third-order valence-corrected chi connectivity index (χ3v) is 3.97. The van der Waals surface area contributed by atoms with Gasteiger partial charge in [0.2, 0.25) is 0 Å². The zero-order valence-corrected chi connectivity index (χ0v) is 15.0. The molecular weight excluding hydrogens is 379 g/mol. The molecule has 8 heteroatoms. The summed E-state index contributed by atoms with van der Waals surface area (Å²) in [7, 11) is 0. The maximum atomic E-state index is 12.9. The lowest BCUT2D eigenvalue weighted by Gasteiger charge is -2.08. The molecule has 1 amide bonds. The number of nitrogens with one attached hydrogen (secondary N) is 1. The summed E-state index contributed by atoms with van der Waals surface area (Å²) in [5.74, 6) is -0.805. The van der Waals surface area contributed by atoms with Crippen LogP contribution < -0.4 is 10.1 Å². The van der Waals surface area contributed by atoms with Gasteiger partial charge in [0.05, 0.1) is 4.92 Å². The van der Waals surface area contributed by atoms with Crippen molar-refractivity contribution in [3.8, 4) is 5.75 Å². The number of nitro benzene ring substituents is 1. The lowest BCUT2D eigenvalue weighted by molar-refractivity contribution is -0.384. The van der Waals surface area contributed by atoms with Crippen molar-refractivity contribution in [3.63, 3.8) is 0 Å². The third kappa shape index (κ3) is 5.23. The van der Waals surface area contributed by atoms with Crippen LogP contribution in [0.25, 0.3) is 0 Å². The number of hydrogen-bond donors (Lipinski definition) is 1. The van der Waals surface area contributed by atoms with Gasteiger partial charge in [0.1, 0.15) is 11.6 Å². The van der Waals surface area contributed by atoms with Crippen molar-refractivity contribution in [2.75, 3.05) is 11.9 Å². The van der Waals surface area contributed by atoms with E-state index in [9.17, 15) is 24.1 Å². The van der Waals surface area contributed by atoms with E-state index in [0.29, 0.717) is 17.0 Å². The average Bonchev–Trinajstić information content (AvgIpc) is 2.73. The second kappa shape index (κ2) is 8.75. The molecule has 3 rings (SSSR count). The topological polar surface area (TPSA) is 98.5 Å². The van der Waals surface area contributed by atoms with Gasteiger partial charge < -0.3 is 10.1 Å². The Bertz CT molecular complexity index is 1050. The maximum absolute atomic E-state index is 12.9. The molecule has 0 aliphatic rings. The highest BCUT2D eigenvalue weighted by atomic mass is 19.1. The highest BCUT2D eigenvalue weighted by Gasteiger charge is 2.12. The number of rotatable bonds is 7. The van der Waals surface area contributed by atoms with E-state index in [1.807, 2.05) is 0 Å². The Labute approximate surface area is 164 Å². The lowest BCUT2D eigenvalue weighted by Crippen LogP contribution is -2.13. The molecule has 3 aromatic rings. The van der Waals surface area contributed by atoms with Crippen LogP contribution in [0, 0.1) is 15.9 Å². The van der Waals surface area contributed by atoms with Crippen LogP contribution in [-0.2, 0) is 0 Å². The third-order valence-electron chi connectivity index (χ3n) is 3.97. The van der Waals surface area contributed by atoms with Crippen molar-refractivity contribution in [2.45, 2.75) is 0 Å². The Morgan fingerprint density at radius 1 is 0.966 bits per heavy atom. The van der Waals surface area contributed by atoms with Crippen molar-refractivity contribution in [2.24, 2.45) is 0 Å². The highest BCUT2D eigenvalue weighted by molar-refractivity contribution is 6.04. The normalized spacial score (nSPS) is 10.2. The van der Waals surface area contributed by atoms with Crippen LogP contribution in [0.5, 0.6) is 5.75 Å². The fourth-order valence-electron chi connectivity index (χ4n) is 2.47. The van der Waals surface area contributed by atoms with Crippen molar-refractivity contribution < 1.29 is 23.6 Å². The van der Waals surface area contributed by atoms with Gasteiger partial charge >= 0.3 is 0 Å². The van der Waals surface area contributed by atoms with Gasteiger partial charge in [0.25, 0.3) is 11.6 Å². The summed E-state index contributed by atoms with van der Waals surface area (Å²) in [6, 6.07) is 16.9. The number of amides is 1. The van der Waals surface area contributed by atoms with Crippen LogP contribution in [0.4, 0.5) is 15.8 Å². The van der Waals surface area contributed by atoms with Gasteiger partial charge in [0, 0.05) is 28.9 Å². The number of nitrogens with zero attached hydrogens (tertiary/aromatic N) is 1. The second-order valence-corrected chi connectivity index (χ2v) is 6.00. The molecule has 0 fully saturated rings. The number of hydrogen-bond acceptors (Lipinski definition) is 5. The molecule has 3 aromatic carbocycles. The fourth-order valence-corrected chi connectivity index (χ4v) is 2.47. The van der Waals surface area contributed by atoms with Crippen LogP contribution in [0.1, 0.15) is 20.7 Å². The van der Waals surface area contributed by atoms with E-state index < -0.39 is 16.6 Å². The Balaban J connectivity index is 1.58. The molecule has 0 aliphatic heterocycles. The summed E-state index contributed by atoms with van der Waals surface area (Å²) in [4.78, 5) is 34.5. The van der Waals surface area contributed by atoms with Crippen LogP contribution in [0.3, 0.4) is 0 Å². The van der Waals surface area contributed by atoms with Crippen LogP contribution >= 0.6 is 0 Å². The Kier molecular flexibility index (Phi) is 5.94. The molecular formula is C21H15FN2O5. The number of halogens is 1. The first-order valence-corrected chi connectivity index (χ1v) is 8.50. The van der Waals surface area contributed by atoms with E-state index in [1.165, 1.54) is 48.5 Å². The zero-order chi connectivity index (χ0) is 20.8. The smallest absolute Gasteiger partial charge is 0.270 e. The largest absolute Gasteiger partial charge is 0.485 e. The quantitative estimate of drug-likeness (QED) is 0.367. The summed E-state index contributed by atoms with van der Waals surface area (Å²) in [5, 5.41) is 13.4. The molecule has 0 aliphatic carbocycles. The zero-order valence-electron chi connectivity index (χ0n) is 15.0. The standard InChI is InChI=1S/C21H15FN2O5/c22-16-6-4-14(5-7-16)20(25)13-29-19-10-8-17(9-11-19)23-21(26)15-2-1-3-18(12-15)24(27)28/h1-12H,13H2,(H,23,26). The summed E-state index contributed by atoms with van der Waals surface area (Å²) in [6.45, 7) is -0.217. The maximum Gasteiger partial charge on any atom is 0.270 e. The number of nitro groups is 1. The van der Waals surface area contributed by atoms with E-state index in [4.69, 9.17) is 4.74 Å². The predicted octanol–water partition coefficient (Wildman–Crippen LogP) is 4.25. The lowest BCUT2D eigenvalue weighted by atomic mass is 10.1. The van der Waals surface area contributed by atoms with Crippen LogP contribution in [0.15, 0.2) is 72.8 Å². The molecule has 0 bridgehead atoms. The van der Waals surface area contributed by atoms with Gasteiger partial charge in [-0.05, 0) is 54.6 Å². The SMILES string of the molecule is O=C(COc1ccc(NC(=O)c2cccc([N+](=O)[O-])c2)cc1)c1ccc(F)cc1. The van der Waals surface area contributed by atoms with Crippen molar-refractivity contribution >= 4 is 23.1 Å². The number of ether oxygens (including phenoxy) is 1. The van der Waals surface area contributed by atoms with Crippen molar-refractivity contribution in [1.29, 1.82) is 0 Å². The van der Waals surface area contributed by atoms with Gasteiger partial charge in [-0.25, -0.2) is 4.39 Å². The number of anilines is 1. The monoisotopic (exact) mass is 394 g/mol. The van der Waals surface area contributed by atoms with Gasteiger partial charge in [-0.1, -0.05) is 6.07 Å². The molecule has 7 nitrogen and oxygen atoms in total. The fraction of sp³-hybridized carbons (Fsp3) is 0.0476. The highest BCUT2D eigenvalue weighted by Crippen LogP contribution is 2.18. The number of non-ortho nitro benzene ring substituents is 1. The van der Waals surface area contributed by atoms with E-state index in [-0.39, 0.29) is 23.6 Å². The summed E-state index contributed by atoms with van der Waals surface area (Å²) in [5.41, 5.74) is 0.780. The minimum absolute atomic E-state index is 0.157. The molecule has 0 spiro atoms. The van der Waals surface area contributed by atoms with Gasteiger partial charge in [0.15, 0.2) is 12.4 Å². The van der Waals surface area contributed by atoms with Crippen LogP contribution in [0.2, 0.25) is 0 Å². The number of benzene rings is 3. The molecule has 0 heterocycles. The first-order valence-electron chi connectivity index (χ1n) is 8.50. The average molecular weight is 394 g/mol. The number of ketones is 1. The molecule has 0 saturated carbocycles. The summed E-state index contributed by atoms with van der Waals surface area (Å²) in [6.07, 6.45) is 0. The Morgan fingerprint density at radius 2 is 1.66 bits per heavy atom. The minimum atomic E-state index is -0.573. The molecule has 0 aromatic heterocycles. The molecule has 29 heavy (non-hydrogen) atoms. The van der Waals surface area contributed by atoms with Gasteiger partial charge in [-0.3, -0.25) is 19.7 Å². The van der Waals surface area contributed by atoms with Crippen molar-refractivity contribution in [3.05, 3.63) is 99.9 Å². The summed E-state index contributed by atoms with van der Waals surface area (Å²) < 4.78 is 18.3. The molecule has 0 unspecified atom stereocenters. The minimum Gasteiger partial charge on any atom is -0.485 e. The Morgan fingerprint density at radius 3 is 2.31 bits per heavy atom. The molecule has 0 atom stereocenters.